The summed E-state index contributed by atoms with van der Waals surface area (Å²) in [5.74, 6) is 2.05. The number of anilines is 3. The fourth-order valence-electron chi connectivity index (χ4n) is 2.89. The lowest BCUT2D eigenvalue weighted by Crippen LogP contribution is -2.12. The quantitative estimate of drug-likeness (QED) is 0.529. The summed E-state index contributed by atoms with van der Waals surface area (Å²) in [6.45, 7) is 1.48. The molecule has 4 N–H and O–H groups in total. The first-order valence-electron chi connectivity index (χ1n) is 9.28. The highest BCUT2D eigenvalue weighted by atomic mass is 15.1. The van der Waals surface area contributed by atoms with Crippen LogP contribution < -0.4 is 16.4 Å². The minimum atomic E-state index is 0.563. The van der Waals surface area contributed by atoms with Gasteiger partial charge in [-0.15, -0.1) is 0 Å². The zero-order chi connectivity index (χ0) is 18.5. The molecule has 138 valence electrons. The number of hydrogen-bond acceptors (Lipinski definition) is 7. The average molecular weight is 361 g/mol. The van der Waals surface area contributed by atoms with Gasteiger partial charge >= 0.3 is 0 Å². The summed E-state index contributed by atoms with van der Waals surface area (Å²) >= 11 is 0. The molecule has 3 aromatic rings. The maximum absolute atomic E-state index is 5.59. The third-order valence-electron chi connectivity index (χ3n) is 4.50. The molecule has 3 heterocycles. The van der Waals surface area contributed by atoms with Crippen LogP contribution in [0.25, 0.3) is 11.3 Å². The van der Waals surface area contributed by atoms with Crippen LogP contribution in [0.5, 0.6) is 0 Å². The molecule has 0 unspecified atom stereocenters. The Balaban J connectivity index is 1.49. The number of hydrogen-bond donors (Lipinski definition) is 3. The molecule has 0 aromatic carbocycles. The van der Waals surface area contributed by atoms with Crippen molar-refractivity contribution in [3.63, 3.8) is 0 Å². The van der Waals surface area contributed by atoms with E-state index < -0.39 is 0 Å². The number of nitrogens with zero attached hydrogens (tertiary/aromatic N) is 4. The van der Waals surface area contributed by atoms with E-state index in [2.05, 4.69) is 30.6 Å². The number of nitrogens with one attached hydrogen (secondary N) is 2. The molecule has 0 spiro atoms. The SMILES string of the molecule is NCCCNc1nc(Nc2ccc(-c3ccncc3)nc2)ncc1C1CC1. The Morgan fingerprint density at radius 2 is 1.89 bits per heavy atom. The average Bonchev–Trinajstić information content (AvgIpc) is 3.55. The van der Waals surface area contributed by atoms with Crippen molar-refractivity contribution in [2.45, 2.75) is 25.2 Å². The van der Waals surface area contributed by atoms with Gasteiger partial charge in [-0.3, -0.25) is 9.97 Å². The van der Waals surface area contributed by atoms with E-state index in [1.54, 1.807) is 18.6 Å². The van der Waals surface area contributed by atoms with Gasteiger partial charge in [0.15, 0.2) is 0 Å². The Labute approximate surface area is 158 Å². The van der Waals surface area contributed by atoms with Crippen LogP contribution >= 0.6 is 0 Å². The minimum Gasteiger partial charge on any atom is -0.370 e. The molecule has 1 aliphatic rings. The summed E-state index contributed by atoms with van der Waals surface area (Å²) < 4.78 is 0. The van der Waals surface area contributed by atoms with Gasteiger partial charge in [-0.2, -0.15) is 4.98 Å². The molecule has 0 atom stereocenters. The first-order chi connectivity index (χ1) is 13.3. The van der Waals surface area contributed by atoms with E-state index in [4.69, 9.17) is 5.73 Å². The van der Waals surface area contributed by atoms with Gasteiger partial charge in [-0.25, -0.2) is 4.98 Å². The van der Waals surface area contributed by atoms with Gasteiger partial charge in [0.25, 0.3) is 0 Å². The lowest BCUT2D eigenvalue weighted by Gasteiger charge is -2.12. The normalized spacial score (nSPS) is 13.4. The Kier molecular flexibility index (Phi) is 5.20. The van der Waals surface area contributed by atoms with Crippen LogP contribution in [0, 0.1) is 0 Å². The molecule has 1 fully saturated rings. The van der Waals surface area contributed by atoms with Gasteiger partial charge in [-0.05, 0) is 56.0 Å². The third kappa shape index (κ3) is 4.38. The van der Waals surface area contributed by atoms with Gasteiger partial charge in [0.2, 0.25) is 5.95 Å². The second-order valence-corrected chi connectivity index (χ2v) is 6.63. The second-order valence-electron chi connectivity index (χ2n) is 6.63. The molecule has 0 radical (unpaired) electrons. The Morgan fingerprint density at radius 1 is 1.04 bits per heavy atom. The molecule has 0 saturated heterocycles. The van der Waals surface area contributed by atoms with Crippen LogP contribution in [0.1, 0.15) is 30.7 Å². The lowest BCUT2D eigenvalue weighted by atomic mass is 10.2. The Hall–Kier alpha value is -3.06. The van der Waals surface area contributed by atoms with Gasteiger partial charge < -0.3 is 16.4 Å². The monoisotopic (exact) mass is 361 g/mol. The molecule has 0 amide bonds. The lowest BCUT2D eigenvalue weighted by molar-refractivity contribution is 0.865. The minimum absolute atomic E-state index is 0.563. The Morgan fingerprint density at radius 3 is 2.59 bits per heavy atom. The van der Waals surface area contributed by atoms with Crippen LogP contribution in [-0.4, -0.2) is 33.0 Å². The van der Waals surface area contributed by atoms with Crippen molar-refractivity contribution in [2.75, 3.05) is 23.7 Å². The predicted octanol–water partition coefficient (Wildman–Crippen LogP) is 3.32. The Bertz CT molecular complexity index is 877. The highest BCUT2D eigenvalue weighted by Crippen LogP contribution is 2.42. The van der Waals surface area contributed by atoms with Crippen LogP contribution in [0.4, 0.5) is 17.5 Å². The maximum Gasteiger partial charge on any atom is 0.229 e. The van der Waals surface area contributed by atoms with Crippen LogP contribution in [0.2, 0.25) is 0 Å². The van der Waals surface area contributed by atoms with E-state index in [0.29, 0.717) is 18.4 Å². The van der Waals surface area contributed by atoms with Gasteiger partial charge in [-0.1, -0.05) is 0 Å². The van der Waals surface area contributed by atoms with E-state index in [9.17, 15) is 0 Å². The van der Waals surface area contributed by atoms with Crippen molar-refractivity contribution in [1.29, 1.82) is 0 Å². The van der Waals surface area contributed by atoms with E-state index >= 15 is 0 Å². The molecule has 1 aliphatic carbocycles. The molecule has 7 heteroatoms. The highest BCUT2D eigenvalue weighted by molar-refractivity contribution is 5.62. The molecule has 27 heavy (non-hydrogen) atoms. The van der Waals surface area contributed by atoms with Crippen molar-refractivity contribution < 1.29 is 0 Å². The number of pyridine rings is 2. The molecule has 1 saturated carbocycles. The van der Waals surface area contributed by atoms with Crippen LogP contribution in [0.3, 0.4) is 0 Å². The first-order valence-corrected chi connectivity index (χ1v) is 9.28. The molecule has 0 aliphatic heterocycles. The van der Waals surface area contributed by atoms with Crippen molar-refractivity contribution in [3.8, 4) is 11.3 Å². The molecule has 4 rings (SSSR count). The summed E-state index contributed by atoms with van der Waals surface area (Å²) in [6.07, 6.45) is 10.6. The number of rotatable bonds is 8. The van der Waals surface area contributed by atoms with E-state index in [1.165, 1.54) is 18.4 Å². The van der Waals surface area contributed by atoms with Crippen molar-refractivity contribution in [2.24, 2.45) is 5.73 Å². The summed E-state index contributed by atoms with van der Waals surface area (Å²) in [6, 6.07) is 7.82. The standard InChI is InChI=1S/C20H23N7/c21-8-1-9-23-19-17(14-2-3-14)13-25-20(27-19)26-16-4-5-18(24-12-16)15-6-10-22-11-7-15/h4-7,10-14H,1-3,8-9,21H2,(H2,23,25,26,27). The van der Waals surface area contributed by atoms with Crippen LogP contribution in [0.15, 0.2) is 49.1 Å². The predicted molar refractivity (Wildman–Crippen MR) is 107 cm³/mol. The smallest absolute Gasteiger partial charge is 0.229 e. The highest BCUT2D eigenvalue weighted by Gasteiger charge is 2.27. The molecular weight excluding hydrogens is 338 g/mol. The molecule has 7 nitrogen and oxygen atoms in total. The summed E-state index contributed by atoms with van der Waals surface area (Å²) in [5, 5.41) is 6.64. The first kappa shape index (κ1) is 17.4. The fourth-order valence-corrected chi connectivity index (χ4v) is 2.89. The van der Waals surface area contributed by atoms with Gasteiger partial charge in [0.1, 0.15) is 5.82 Å². The summed E-state index contributed by atoms with van der Waals surface area (Å²) in [4.78, 5) is 17.7. The topological polar surface area (TPSA) is 102 Å². The number of nitrogens with two attached hydrogens (primary N) is 1. The third-order valence-corrected chi connectivity index (χ3v) is 4.50. The molecule has 0 bridgehead atoms. The van der Waals surface area contributed by atoms with Crippen molar-refractivity contribution in [1.82, 2.24) is 19.9 Å². The largest absolute Gasteiger partial charge is 0.370 e. The van der Waals surface area contributed by atoms with Crippen molar-refractivity contribution >= 4 is 17.5 Å². The summed E-state index contributed by atoms with van der Waals surface area (Å²) in [7, 11) is 0. The zero-order valence-corrected chi connectivity index (χ0v) is 15.1. The maximum atomic E-state index is 5.59. The fraction of sp³-hybridized carbons (Fsp3) is 0.300. The summed E-state index contributed by atoms with van der Waals surface area (Å²) in [5.41, 5.74) is 9.57. The van der Waals surface area contributed by atoms with E-state index in [1.807, 2.05) is 30.5 Å². The molecular formula is C20H23N7. The zero-order valence-electron chi connectivity index (χ0n) is 15.1. The molecule has 3 aromatic heterocycles. The van der Waals surface area contributed by atoms with Gasteiger partial charge in [0.05, 0.1) is 17.6 Å². The second kappa shape index (κ2) is 8.09. The number of aromatic nitrogens is 4. The van der Waals surface area contributed by atoms with Gasteiger partial charge in [0, 0.05) is 36.3 Å². The van der Waals surface area contributed by atoms with Crippen LogP contribution in [-0.2, 0) is 0 Å². The van der Waals surface area contributed by atoms with E-state index in [0.717, 1.165) is 35.7 Å². The van der Waals surface area contributed by atoms with E-state index in [-0.39, 0.29) is 0 Å². The van der Waals surface area contributed by atoms with Crippen molar-refractivity contribution in [3.05, 3.63) is 54.6 Å².